The molecular formula is C18H20N2O4. The fraction of sp³-hybridized carbons (Fsp3) is 0.278. The average molecular weight is 328 g/mol. The Balaban J connectivity index is 2.42. The number of anilines is 1. The molecule has 0 amide bonds. The van der Waals surface area contributed by atoms with Gasteiger partial charge in [0.15, 0.2) is 0 Å². The normalized spacial score (nSPS) is 12.3. The molecule has 2 rings (SSSR count). The fourth-order valence-corrected chi connectivity index (χ4v) is 2.55. The molecule has 0 unspecified atom stereocenters. The number of nitrogens with one attached hydrogen (secondary N) is 1. The highest BCUT2D eigenvalue weighted by molar-refractivity contribution is 5.78. The molecule has 0 heterocycles. The van der Waals surface area contributed by atoms with Crippen molar-refractivity contribution < 1.29 is 14.5 Å². The van der Waals surface area contributed by atoms with Crippen molar-refractivity contribution in [2.24, 2.45) is 5.41 Å². The summed E-state index contributed by atoms with van der Waals surface area (Å²) in [5.74, 6) is -0.366. The molecule has 0 saturated carbocycles. The van der Waals surface area contributed by atoms with Crippen LogP contribution in [0.4, 0.5) is 11.4 Å². The van der Waals surface area contributed by atoms with Crippen molar-refractivity contribution in [3.63, 3.8) is 0 Å². The van der Waals surface area contributed by atoms with Gasteiger partial charge in [0.2, 0.25) is 0 Å². The smallest absolute Gasteiger partial charge is 0.313 e. The van der Waals surface area contributed by atoms with Crippen molar-refractivity contribution in [2.75, 3.05) is 12.4 Å². The Morgan fingerprint density at radius 2 is 1.71 bits per heavy atom. The van der Waals surface area contributed by atoms with Crippen molar-refractivity contribution in [3.8, 4) is 0 Å². The van der Waals surface area contributed by atoms with Crippen molar-refractivity contribution >= 4 is 17.3 Å². The third-order valence-electron chi connectivity index (χ3n) is 3.96. The van der Waals surface area contributed by atoms with Crippen molar-refractivity contribution in [1.82, 2.24) is 0 Å². The number of hydrogen-bond acceptors (Lipinski definition) is 5. The molecule has 0 saturated heterocycles. The Kier molecular flexibility index (Phi) is 5.18. The van der Waals surface area contributed by atoms with E-state index in [1.54, 1.807) is 26.0 Å². The molecule has 0 radical (unpaired) electrons. The van der Waals surface area contributed by atoms with E-state index in [0.717, 1.165) is 11.3 Å². The predicted octanol–water partition coefficient (Wildman–Crippen LogP) is 3.95. The van der Waals surface area contributed by atoms with Crippen LogP contribution in [0.2, 0.25) is 0 Å². The number of carbonyl (C=O) groups is 1. The van der Waals surface area contributed by atoms with Gasteiger partial charge in [0, 0.05) is 17.8 Å². The molecule has 6 heteroatoms. The van der Waals surface area contributed by atoms with Gasteiger partial charge in [0.1, 0.15) is 0 Å². The first kappa shape index (κ1) is 17.5. The minimum atomic E-state index is -0.874. The summed E-state index contributed by atoms with van der Waals surface area (Å²) in [6, 6.07) is 15.2. The summed E-state index contributed by atoms with van der Waals surface area (Å²) in [4.78, 5) is 22.6. The number of para-hydroxylation sites is 1. The van der Waals surface area contributed by atoms with Gasteiger partial charge in [-0.15, -0.1) is 0 Å². The van der Waals surface area contributed by atoms with Crippen LogP contribution < -0.4 is 5.32 Å². The Bertz CT molecular complexity index is 712. The summed E-state index contributed by atoms with van der Waals surface area (Å²) in [5.41, 5.74) is 0.742. The standard InChI is InChI=1S/C18H20N2O4/c1-18(2,17(21)24-3)16(19-14-7-5-4-6-8-14)13-9-11-15(12-10-13)20(22)23/h4-12,16,19H,1-3H3/t16-/m0/s1. The van der Waals surface area contributed by atoms with E-state index in [9.17, 15) is 14.9 Å². The number of rotatable bonds is 6. The van der Waals surface area contributed by atoms with E-state index in [4.69, 9.17) is 4.74 Å². The first-order valence-electron chi connectivity index (χ1n) is 7.50. The highest BCUT2D eigenvalue weighted by atomic mass is 16.6. The fourth-order valence-electron chi connectivity index (χ4n) is 2.55. The summed E-state index contributed by atoms with van der Waals surface area (Å²) in [6.07, 6.45) is 0. The molecular weight excluding hydrogens is 308 g/mol. The highest BCUT2D eigenvalue weighted by Crippen LogP contribution is 2.38. The number of carbonyl (C=O) groups excluding carboxylic acids is 1. The molecule has 1 atom stereocenters. The Labute approximate surface area is 140 Å². The molecule has 0 aromatic heterocycles. The molecule has 0 aliphatic carbocycles. The lowest BCUT2D eigenvalue weighted by Gasteiger charge is -2.33. The number of nitro groups is 1. The molecule has 1 N–H and O–H groups in total. The SMILES string of the molecule is COC(=O)C(C)(C)[C@@H](Nc1ccccc1)c1ccc([N+](=O)[O-])cc1. The number of hydrogen-bond donors (Lipinski definition) is 1. The van der Waals surface area contributed by atoms with Gasteiger partial charge in [-0.1, -0.05) is 30.3 Å². The zero-order chi connectivity index (χ0) is 17.7. The Morgan fingerprint density at radius 1 is 1.12 bits per heavy atom. The predicted molar refractivity (Wildman–Crippen MR) is 91.7 cm³/mol. The minimum Gasteiger partial charge on any atom is -0.469 e. The van der Waals surface area contributed by atoms with Crippen LogP contribution >= 0.6 is 0 Å². The van der Waals surface area contributed by atoms with Crippen LogP contribution in [-0.2, 0) is 9.53 Å². The minimum absolute atomic E-state index is 0.00749. The maximum atomic E-state index is 12.2. The molecule has 0 aliphatic heterocycles. The zero-order valence-electron chi connectivity index (χ0n) is 13.9. The van der Waals surface area contributed by atoms with E-state index >= 15 is 0 Å². The summed E-state index contributed by atoms with van der Waals surface area (Å²) in [5, 5.41) is 14.2. The van der Waals surface area contributed by atoms with Crippen LogP contribution in [0, 0.1) is 15.5 Å². The summed E-state index contributed by atoms with van der Waals surface area (Å²) in [6.45, 7) is 3.56. The van der Waals surface area contributed by atoms with Gasteiger partial charge in [-0.05, 0) is 31.5 Å². The first-order valence-corrected chi connectivity index (χ1v) is 7.50. The third kappa shape index (κ3) is 3.71. The Hall–Kier alpha value is -2.89. The topological polar surface area (TPSA) is 81.5 Å². The van der Waals surface area contributed by atoms with Gasteiger partial charge >= 0.3 is 5.97 Å². The molecule has 0 spiro atoms. The number of methoxy groups -OCH3 is 1. The van der Waals surface area contributed by atoms with Crippen molar-refractivity contribution in [2.45, 2.75) is 19.9 Å². The van der Waals surface area contributed by atoms with E-state index < -0.39 is 16.4 Å². The second-order valence-electron chi connectivity index (χ2n) is 6.01. The van der Waals surface area contributed by atoms with Crippen molar-refractivity contribution in [1.29, 1.82) is 0 Å². The van der Waals surface area contributed by atoms with E-state index in [0.29, 0.717) is 0 Å². The van der Waals surface area contributed by atoms with Gasteiger partial charge in [0.05, 0.1) is 23.5 Å². The van der Waals surface area contributed by atoms with E-state index in [1.165, 1.54) is 19.2 Å². The molecule has 0 fully saturated rings. The largest absolute Gasteiger partial charge is 0.469 e. The number of benzene rings is 2. The molecule has 2 aromatic rings. The summed E-state index contributed by atoms with van der Waals surface area (Å²) in [7, 11) is 1.35. The van der Waals surface area contributed by atoms with Gasteiger partial charge in [-0.2, -0.15) is 0 Å². The van der Waals surface area contributed by atoms with Gasteiger partial charge in [-0.3, -0.25) is 14.9 Å². The van der Waals surface area contributed by atoms with E-state index in [2.05, 4.69) is 5.32 Å². The maximum Gasteiger partial charge on any atom is 0.313 e. The quantitative estimate of drug-likeness (QED) is 0.493. The van der Waals surface area contributed by atoms with Gasteiger partial charge in [0.25, 0.3) is 5.69 Å². The van der Waals surface area contributed by atoms with Crippen LogP contribution in [0.5, 0.6) is 0 Å². The van der Waals surface area contributed by atoms with Crippen LogP contribution in [0.15, 0.2) is 54.6 Å². The molecule has 6 nitrogen and oxygen atoms in total. The zero-order valence-corrected chi connectivity index (χ0v) is 13.9. The Morgan fingerprint density at radius 3 is 2.21 bits per heavy atom. The lowest BCUT2D eigenvalue weighted by atomic mass is 9.80. The second kappa shape index (κ2) is 7.12. The molecule has 126 valence electrons. The molecule has 0 bridgehead atoms. The second-order valence-corrected chi connectivity index (χ2v) is 6.01. The number of nitro benzene ring substituents is 1. The number of non-ortho nitro benzene ring substituents is 1. The summed E-state index contributed by atoms with van der Waals surface area (Å²) < 4.78 is 4.93. The number of ether oxygens (including phenoxy) is 1. The maximum absolute atomic E-state index is 12.2. The summed E-state index contributed by atoms with van der Waals surface area (Å²) >= 11 is 0. The van der Waals surface area contributed by atoms with Crippen LogP contribution in [0.25, 0.3) is 0 Å². The van der Waals surface area contributed by atoms with E-state index in [-0.39, 0.29) is 11.7 Å². The van der Waals surface area contributed by atoms with Crippen LogP contribution in [0.3, 0.4) is 0 Å². The third-order valence-corrected chi connectivity index (χ3v) is 3.96. The molecule has 2 aromatic carbocycles. The van der Waals surface area contributed by atoms with Crippen molar-refractivity contribution in [3.05, 3.63) is 70.3 Å². The lowest BCUT2D eigenvalue weighted by Crippen LogP contribution is -2.36. The molecule has 0 aliphatic rings. The highest BCUT2D eigenvalue weighted by Gasteiger charge is 2.39. The van der Waals surface area contributed by atoms with Crippen LogP contribution in [-0.4, -0.2) is 18.0 Å². The van der Waals surface area contributed by atoms with Gasteiger partial charge in [-0.25, -0.2) is 0 Å². The van der Waals surface area contributed by atoms with E-state index in [1.807, 2.05) is 30.3 Å². The lowest BCUT2D eigenvalue weighted by molar-refractivity contribution is -0.384. The first-order chi connectivity index (χ1) is 11.4. The molecule has 24 heavy (non-hydrogen) atoms. The van der Waals surface area contributed by atoms with Gasteiger partial charge < -0.3 is 10.1 Å². The number of nitrogens with zero attached hydrogens (tertiary/aromatic N) is 1. The van der Waals surface area contributed by atoms with Crippen LogP contribution in [0.1, 0.15) is 25.5 Å². The average Bonchev–Trinajstić information content (AvgIpc) is 2.59. The number of esters is 1. The monoisotopic (exact) mass is 328 g/mol.